The van der Waals surface area contributed by atoms with E-state index in [9.17, 15) is 36.4 Å². The molecule has 14 heteroatoms. The number of nitriles is 1. The van der Waals surface area contributed by atoms with Crippen molar-refractivity contribution in [2.45, 2.75) is 56.2 Å². The average Bonchev–Trinajstić information content (AvgIpc) is 3.31. The van der Waals surface area contributed by atoms with Crippen molar-refractivity contribution in [2.75, 3.05) is 15.0 Å². The molecule has 0 spiro atoms. The molecule has 1 N–H and O–H groups in total. The second kappa shape index (κ2) is 12.5. The van der Waals surface area contributed by atoms with Crippen LogP contribution in [0.25, 0.3) is 0 Å². The number of amides is 2. The number of benzene rings is 2. The third kappa shape index (κ3) is 6.51. The van der Waals surface area contributed by atoms with E-state index in [-0.39, 0.29) is 46.9 Å². The Hall–Kier alpha value is -4.15. The van der Waals surface area contributed by atoms with Crippen LogP contribution in [0.15, 0.2) is 66.9 Å². The van der Waals surface area contributed by atoms with E-state index in [2.05, 4.69) is 10.3 Å². The molecule has 44 heavy (non-hydrogen) atoms. The largest absolute Gasteiger partial charge is 0.351 e. The van der Waals surface area contributed by atoms with Crippen molar-refractivity contribution >= 4 is 44.9 Å². The minimum absolute atomic E-state index is 0.00254. The number of nitrogens with zero attached hydrogens (tertiary/aromatic N) is 4. The van der Waals surface area contributed by atoms with Gasteiger partial charge in [0.15, 0.2) is 0 Å². The number of carbonyl (C=O) groups excluding carboxylic acids is 2. The van der Waals surface area contributed by atoms with Gasteiger partial charge in [-0.2, -0.15) is 5.26 Å². The maximum Gasteiger partial charge on any atom is 0.252 e. The lowest BCUT2D eigenvalue weighted by molar-refractivity contribution is -0.128. The third-order valence-electron chi connectivity index (χ3n) is 7.71. The second-order valence-corrected chi connectivity index (χ2v) is 13.1. The highest BCUT2D eigenvalue weighted by Crippen LogP contribution is 2.38. The summed E-state index contributed by atoms with van der Waals surface area (Å²) >= 11 is 6.54. The van der Waals surface area contributed by atoms with Gasteiger partial charge in [-0.3, -0.25) is 14.5 Å². The first-order valence-corrected chi connectivity index (χ1v) is 15.8. The van der Waals surface area contributed by atoms with Gasteiger partial charge in [0, 0.05) is 41.4 Å². The molecule has 1 aliphatic carbocycles. The molecule has 9 nitrogen and oxygen atoms in total. The molecule has 230 valence electrons. The van der Waals surface area contributed by atoms with E-state index >= 15 is 0 Å². The van der Waals surface area contributed by atoms with Gasteiger partial charge in [-0.15, -0.1) is 0 Å². The second-order valence-electron chi connectivity index (χ2n) is 10.7. The molecule has 2 atom stereocenters. The Morgan fingerprint density at radius 2 is 1.82 bits per heavy atom. The SMILES string of the molecule is N#Cc1ccnc(N2[C@H](C(=O)N(c3cccc(F)c3)C(C(=O)NC3CCC(F)(F)CC3)c3ccccc3Cl)CCS2(=O)=O)c1. The summed E-state index contributed by atoms with van der Waals surface area (Å²) in [6, 6.07) is 12.0. The van der Waals surface area contributed by atoms with Gasteiger partial charge in [-0.1, -0.05) is 35.9 Å². The maximum atomic E-state index is 14.6. The molecule has 0 radical (unpaired) electrons. The molecule has 0 bridgehead atoms. The number of sulfonamides is 1. The first-order valence-electron chi connectivity index (χ1n) is 13.8. The van der Waals surface area contributed by atoms with E-state index in [0.29, 0.717) is 0 Å². The predicted octanol–water partition coefficient (Wildman–Crippen LogP) is 5.12. The zero-order chi connectivity index (χ0) is 31.6. The van der Waals surface area contributed by atoms with E-state index in [1.807, 2.05) is 6.07 Å². The highest BCUT2D eigenvalue weighted by Gasteiger charge is 2.47. The van der Waals surface area contributed by atoms with Gasteiger partial charge in [-0.05, 0) is 55.7 Å². The maximum absolute atomic E-state index is 14.6. The fraction of sp³-hybridized carbons (Fsp3) is 0.333. The molecule has 1 saturated carbocycles. The van der Waals surface area contributed by atoms with Crippen LogP contribution in [-0.2, 0) is 19.6 Å². The van der Waals surface area contributed by atoms with Gasteiger partial charge in [0.1, 0.15) is 23.7 Å². The zero-order valence-corrected chi connectivity index (χ0v) is 24.7. The third-order valence-corrected chi connectivity index (χ3v) is 9.85. The lowest BCUT2D eigenvalue weighted by Gasteiger charge is -2.37. The zero-order valence-electron chi connectivity index (χ0n) is 23.2. The fourth-order valence-electron chi connectivity index (χ4n) is 5.55. The molecule has 2 aliphatic rings. The van der Waals surface area contributed by atoms with Crippen LogP contribution < -0.4 is 14.5 Å². The predicted molar refractivity (Wildman–Crippen MR) is 157 cm³/mol. The highest BCUT2D eigenvalue weighted by atomic mass is 35.5. The average molecular weight is 646 g/mol. The number of alkyl halides is 2. The normalized spacial score (nSPS) is 20.0. The minimum Gasteiger partial charge on any atom is -0.351 e. The highest BCUT2D eigenvalue weighted by molar-refractivity contribution is 7.93. The number of anilines is 2. The summed E-state index contributed by atoms with van der Waals surface area (Å²) in [5.74, 6) is -5.81. The fourth-order valence-corrected chi connectivity index (χ4v) is 7.48. The Bertz CT molecular complexity index is 1730. The Labute approximate surface area is 257 Å². The van der Waals surface area contributed by atoms with Crippen LogP contribution in [-0.4, -0.2) is 49.0 Å². The minimum atomic E-state index is -4.09. The van der Waals surface area contributed by atoms with Crippen LogP contribution in [0.5, 0.6) is 0 Å². The quantitative estimate of drug-likeness (QED) is 0.380. The number of halogens is 4. The van der Waals surface area contributed by atoms with Crippen molar-refractivity contribution in [3.05, 3.63) is 88.8 Å². The van der Waals surface area contributed by atoms with Gasteiger partial charge >= 0.3 is 0 Å². The summed E-state index contributed by atoms with van der Waals surface area (Å²) in [5, 5.41) is 12.2. The Morgan fingerprint density at radius 3 is 2.50 bits per heavy atom. The van der Waals surface area contributed by atoms with Crippen molar-refractivity contribution < 1.29 is 31.2 Å². The molecule has 2 fully saturated rings. The number of pyridine rings is 1. The van der Waals surface area contributed by atoms with Crippen LogP contribution in [0.3, 0.4) is 0 Å². The number of rotatable bonds is 7. The first kappa shape index (κ1) is 31.3. The number of carbonyl (C=O) groups is 2. The van der Waals surface area contributed by atoms with E-state index in [0.717, 1.165) is 21.3 Å². The van der Waals surface area contributed by atoms with Gasteiger partial charge in [0.2, 0.25) is 21.9 Å². The van der Waals surface area contributed by atoms with Crippen LogP contribution in [0.1, 0.15) is 49.3 Å². The number of aromatic nitrogens is 1. The molecular weight excluding hydrogens is 619 g/mol. The summed E-state index contributed by atoms with van der Waals surface area (Å²) in [5.41, 5.74) is 0.201. The summed E-state index contributed by atoms with van der Waals surface area (Å²) in [6.45, 7) is 0. The van der Waals surface area contributed by atoms with Crippen molar-refractivity contribution in [3.8, 4) is 6.07 Å². The monoisotopic (exact) mass is 645 g/mol. The Balaban J connectivity index is 1.62. The summed E-state index contributed by atoms with van der Waals surface area (Å²) in [6.07, 6.45) is 0.187. The molecule has 1 saturated heterocycles. The number of hydrogen-bond acceptors (Lipinski definition) is 6. The van der Waals surface area contributed by atoms with Crippen LogP contribution in [0.4, 0.5) is 24.7 Å². The van der Waals surface area contributed by atoms with Crippen LogP contribution in [0.2, 0.25) is 5.02 Å². The molecule has 1 unspecified atom stereocenters. The van der Waals surface area contributed by atoms with Gasteiger partial charge in [0.25, 0.3) is 5.91 Å². The Morgan fingerprint density at radius 1 is 1.09 bits per heavy atom. The van der Waals surface area contributed by atoms with Gasteiger partial charge < -0.3 is 5.32 Å². The summed E-state index contributed by atoms with van der Waals surface area (Å²) in [4.78, 5) is 33.7. The van der Waals surface area contributed by atoms with Crippen molar-refractivity contribution in [1.29, 1.82) is 5.26 Å². The van der Waals surface area contributed by atoms with E-state index in [1.165, 1.54) is 42.6 Å². The number of hydrogen-bond donors (Lipinski definition) is 1. The van der Waals surface area contributed by atoms with Crippen LogP contribution in [0, 0.1) is 17.1 Å². The number of nitrogens with one attached hydrogen (secondary N) is 1. The van der Waals surface area contributed by atoms with Crippen LogP contribution >= 0.6 is 11.6 Å². The van der Waals surface area contributed by atoms with Crippen molar-refractivity contribution in [1.82, 2.24) is 10.3 Å². The molecule has 2 amide bonds. The van der Waals surface area contributed by atoms with E-state index < -0.39 is 70.3 Å². The smallest absolute Gasteiger partial charge is 0.252 e. The van der Waals surface area contributed by atoms with Gasteiger partial charge in [0.05, 0.1) is 17.4 Å². The lowest BCUT2D eigenvalue weighted by atomic mass is 9.91. The molecular formula is C30H27ClF3N5O4S. The lowest BCUT2D eigenvalue weighted by Crippen LogP contribution is -2.53. The summed E-state index contributed by atoms with van der Waals surface area (Å²) in [7, 11) is -4.09. The molecule has 3 aromatic rings. The first-order chi connectivity index (χ1) is 20.9. The molecule has 2 aromatic carbocycles. The van der Waals surface area contributed by atoms with Gasteiger partial charge in [-0.25, -0.2) is 30.9 Å². The molecule has 1 aromatic heterocycles. The Kier molecular flexibility index (Phi) is 8.85. The van der Waals surface area contributed by atoms with Crippen molar-refractivity contribution in [2.24, 2.45) is 0 Å². The van der Waals surface area contributed by atoms with E-state index in [1.54, 1.807) is 12.1 Å². The molecule has 5 rings (SSSR count). The molecule has 2 heterocycles. The molecule has 1 aliphatic heterocycles. The summed E-state index contributed by atoms with van der Waals surface area (Å²) < 4.78 is 69.6. The van der Waals surface area contributed by atoms with Crippen molar-refractivity contribution in [3.63, 3.8) is 0 Å². The van der Waals surface area contributed by atoms with E-state index in [4.69, 9.17) is 11.6 Å². The standard InChI is InChI=1S/C30H27ClF3N5O4S/c31-24-7-2-1-6-23(24)27(28(40)37-21-8-12-30(33,34)13-9-21)38(22-5-3-4-20(32)17-22)29(41)25-11-15-44(42,43)39(25)26-16-19(18-35)10-14-36-26/h1-7,10,14,16-17,21,25,27H,8-9,11-13,15H2,(H,37,40)/t25-,27?/m0/s1. The topological polar surface area (TPSA) is 123 Å².